The molecule has 6 rings (SSSR count). The van der Waals surface area contributed by atoms with Gasteiger partial charge < -0.3 is 5.32 Å². The molecule has 174 valence electrons. The van der Waals surface area contributed by atoms with Crippen molar-refractivity contribution in [2.45, 2.75) is 52.6 Å². The Balaban J connectivity index is 1.71. The van der Waals surface area contributed by atoms with Crippen LogP contribution >= 0.6 is 0 Å². The predicted octanol–water partition coefficient (Wildman–Crippen LogP) is 5.32. The standard InChI is InChI=1S/C33H32N2/c1-20-18-32(3,4)34-30-26-13-9-7-11-24(26)22(16-28(20)30)15-23-17-29-21(2)19-33(5,6)35-31(29)27-14-10-8-12-25(23)27/h7-19,34H,1-6H3/p+1/b23-15+. The minimum Gasteiger partial charge on any atom is -0.376 e. The molecule has 2 heteroatoms. The van der Waals surface area contributed by atoms with E-state index in [4.69, 9.17) is 0 Å². The van der Waals surface area contributed by atoms with Crippen LogP contribution in [0.5, 0.6) is 0 Å². The van der Waals surface area contributed by atoms with Gasteiger partial charge in [0.05, 0.1) is 16.6 Å². The van der Waals surface area contributed by atoms with Crippen molar-refractivity contribution in [2.75, 3.05) is 5.32 Å². The SMILES string of the molecule is CC1=CC(C)(C)Nc2c1cc(/C=c1\cc3c(c4ccccc14)=[NH+]C(C)(C)C=C3C)c1ccccc21. The van der Waals surface area contributed by atoms with Crippen molar-refractivity contribution < 1.29 is 4.99 Å². The van der Waals surface area contributed by atoms with Gasteiger partial charge in [-0.2, -0.15) is 0 Å². The van der Waals surface area contributed by atoms with Gasteiger partial charge in [-0.05, 0) is 90.7 Å². The lowest BCUT2D eigenvalue weighted by Crippen LogP contribution is -2.89. The zero-order valence-electron chi connectivity index (χ0n) is 21.5. The number of fused-ring (bicyclic) bond motifs is 6. The lowest BCUT2D eigenvalue weighted by Gasteiger charge is -2.33. The predicted molar refractivity (Wildman–Crippen MR) is 150 cm³/mol. The van der Waals surface area contributed by atoms with Gasteiger partial charge in [0.25, 0.3) is 0 Å². The summed E-state index contributed by atoms with van der Waals surface area (Å²) in [6, 6.07) is 22.3. The Labute approximate surface area is 207 Å². The van der Waals surface area contributed by atoms with Crippen LogP contribution in [-0.2, 0) is 0 Å². The molecule has 4 aromatic carbocycles. The molecule has 0 atom stereocenters. The van der Waals surface area contributed by atoms with Crippen molar-refractivity contribution in [3.8, 4) is 0 Å². The van der Waals surface area contributed by atoms with Crippen molar-refractivity contribution >= 4 is 44.5 Å². The van der Waals surface area contributed by atoms with Crippen LogP contribution in [0.3, 0.4) is 0 Å². The Morgan fingerprint density at radius 3 is 2.09 bits per heavy atom. The molecular weight excluding hydrogens is 424 g/mol. The summed E-state index contributed by atoms with van der Waals surface area (Å²) in [5, 5.41) is 11.4. The molecule has 35 heavy (non-hydrogen) atoms. The van der Waals surface area contributed by atoms with Crippen molar-refractivity contribution in [1.82, 2.24) is 0 Å². The van der Waals surface area contributed by atoms with Crippen LogP contribution < -0.4 is 20.9 Å². The third-order valence-electron chi connectivity index (χ3n) is 7.36. The van der Waals surface area contributed by atoms with E-state index >= 15 is 0 Å². The molecule has 0 aromatic heterocycles. The van der Waals surface area contributed by atoms with Crippen LogP contribution in [0.25, 0.3) is 38.8 Å². The van der Waals surface area contributed by atoms with Gasteiger partial charge in [0.1, 0.15) is 0 Å². The molecule has 2 heterocycles. The molecule has 4 aromatic rings. The van der Waals surface area contributed by atoms with Gasteiger partial charge >= 0.3 is 0 Å². The summed E-state index contributed by atoms with van der Waals surface area (Å²) in [7, 11) is 0. The Hall–Kier alpha value is -3.65. The average molecular weight is 458 g/mol. The summed E-state index contributed by atoms with van der Waals surface area (Å²) >= 11 is 0. The van der Waals surface area contributed by atoms with Crippen LogP contribution in [0.1, 0.15) is 58.2 Å². The number of benzene rings is 4. The second kappa shape index (κ2) is 7.42. The topological polar surface area (TPSA) is 26.0 Å². The molecule has 0 bridgehead atoms. The van der Waals surface area contributed by atoms with Crippen molar-refractivity contribution in [1.29, 1.82) is 0 Å². The van der Waals surface area contributed by atoms with E-state index in [2.05, 4.69) is 131 Å². The maximum Gasteiger partial charge on any atom is 0.214 e. The summed E-state index contributed by atoms with van der Waals surface area (Å²) in [6.45, 7) is 13.4. The monoisotopic (exact) mass is 457 g/mol. The van der Waals surface area contributed by atoms with Crippen LogP contribution in [0, 0.1) is 0 Å². The fourth-order valence-electron chi connectivity index (χ4n) is 6.06. The number of rotatable bonds is 1. The van der Waals surface area contributed by atoms with Gasteiger partial charge in [0.2, 0.25) is 5.36 Å². The molecule has 2 aliphatic rings. The first-order valence-corrected chi connectivity index (χ1v) is 12.5. The third-order valence-corrected chi connectivity index (χ3v) is 7.36. The molecule has 0 fully saturated rings. The third kappa shape index (κ3) is 3.60. The number of hydrogen-bond donors (Lipinski definition) is 2. The van der Waals surface area contributed by atoms with Gasteiger partial charge in [0.15, 0.2) is 5.54 Å². The van der Waals surface area contributed by atoms with Gasteiger partial charge in [-0.3, -0.25) is 0 Å². The van der Waals surface area contributed by atoms with E-state index in [1.165, 1.54) is 65.6 Å². The average Bonchev–Trinajstić information content (AvgIpc) is 2.79. The van der Waals surface area contributed by atoms with E-state index in [-0.39, 0.29) is 11.1 Å². The first kappa shape index (κ1) is 21.9. The Morgan fingerprint density at radius 2 is 1.34 bits per heavy atom. The molecule has 2 aliphatic heterocycles. The molecular formula is C33H33N2+. The zero-order chi connectivity index (χ0) is 24.5. The van der Waals surface area contributed by atoms with Crippen LogP contribution in [-0.4, -0.2) is 11.1 Å². The largest absolute Gasteiger partial charge is 0.376 e. The molecule has 0 aliphatic carbocycles. The highest BCUT2D eigenvalue weighted by atomic mass is 15.0. The first-order chi connectivity index (χ1) is 16.6. The number of nitrogens with one attached hydrogen (secondary N) is 2. The summed E-state index contributed by atoms with van der Waals surface area (Å²) in [4.78, 5) is 3.78. The maximum atomic E-state index is 3.78. The first-order valence-electron chi connectivity index (χ1n) is 12.5. The van der Waals surface area contributed by atoms with Crippen molar-refractivity contribution in [2.24, 2.45) is 0 Å². The molecule has 0 radical (unpaired) electrons. The zero-order valence-corrected chi connectivity index (χ0v) is 21.5. The molecule has 2 N–H and O–H groups in total. The van der Waals surface area contributed by atoms with E-state index in [0.29, 0.717) is 0 Å². The minimum absolute atomic E-state index is 0.0651. The van der Waals surface area contributed by atoms with E-state index < -0.39 is 0 Å². The fourth-order valence-corrected chi connectivity index (χ4v) is 6.06. The van der Waals surface area contributed by atoms with E-state index in [1.54, 1.807) is 0 Å². The molecule has 0 spiro atoms. The smallest absolute Gasteiger partial charge is 0.214 e. The van der Waals surface area contributed by atoms with E-state index in [1.807, 2.05) is 0 Å². The van der Waals surface area contributed by atoms with Gasteiger partial charge in [-0.25, -0.2) is 4.99 Å². The molecule has 0 unspecified atom stereocenters. The summed E-state index contributed by atoms with van der Waals surface area (Å²) in [5.41, 5.74) is 7.59. The van der Waals surface area contributed by atoms with Crippen molar-refractivity contribution in [3.63, 3.8) is 0 Å². The Bertz CT molecular complexity index is 1730. The van der Waals surface area contributed by atoms with Gasteiger partial charge in [0, 0.05) is 30.4 Å². The van der Waals surface area contributed by atoms with E-state index in [0.717, 1.165) is 0 Å². The second-order valence-corrected chi connectivity index (χ2v) is 11.4. The molecule has 2 nitrogen and oxygen atoms in total. The lowest BCUT2D eigenvalue weighted by atomic mass is 9.86. The van der Waals surface area contributed by atoms with Gasteiger partial charge in [-0.15, -0.1) is 0 Å². The minimum atomic E-state index is -0.0651. The summed E-state index contributed by atoms with van der Waals surface area (Å²) in [5.74, 6) is 0. The highest BCUT2D eigenvalue weighted by Crippen LogP contribution is 2.40. The maximum absolute atomic E-state index is 3.78. The van der Waals surface area contributed by atoms with Crippen LogP contribution in [0.4, 0.5) is 5.69 Å². The summed E-state index contributed by atoms with van der Waals surface area (Å²) < 4.78 is 0. The second-order valence-electron chi connectivity index (χ2n) is 11.4. The molecule has 0 amide bonds. The number of allylic oxidation sites excluding steroid dienone is 2. The molecule has 0 saturated carbocycles. The lowest BCUT2D eigenvalue weighted by molar-refractivity contribution is -0.567. The molecule has 0 saturated heterocycles. The number of hydrogen-bond acceptors (Lipinski definition) is 1. The van der Waals surface area contributed by atoms with Crippen molar-refractivity contribution in [3.05, 3.63) is 100 Å². The van der Waals surface area contributed by atoms with Gasteiger partial charge in [-0.1, -0.05) is 48.5 Å². The van der Waals surface area contributed by atoms with E-state index in [9.17, 15) is 0 Å². The highest BCUT2D eigenvalue weighted by Gasteiger charge is 2.27. The highest BCUT2D eigenvalue weighted by molar-refractivity contribution is 6.05. The Kier molecular flexibility index (Phi) is 4.63. The normalized spacial score (nSPS) is 18.3. The van der Waals surface area contributed by atoms with Crippen LogP contribution in [0.15, 0.2) is 72.8 Å². The number of anilines is 1. The van der Waals surface area contributed by atoms with Crippen LogP contribution in [0.2, 0.25) is 0 Å². The summed E-state index contributed by atoms with van der Waals surface area (Å²) in [6.07, 6.45) is 7.05. The quantitative estimate of drug-likeness (QED) is 0.397. The fraction of sp³-hybridized carbons (Fsp3) is 0.242. The Morgan fingerprint density at radius 1 is 0.714 bits per heavy atom.